The van der Waals surface area contributed by atoms with Crippen LogP contribution in [-0.2, 0) is 6.54 Å². The number of rotatable bonds is 8. The molecule has 32 heavy (non-hydrogen) atoms. The van der Waals surface area contributed by atoms with Crippen LogP contribution in [0, 0.1) is 0 Å². The van der Waals surface area contributed by atoms with Gasteiger partial charge in [-0.25, -0.2) is 4.79 Å². The summed E-state index contributed by atoms with van der Waals surface area (Å²) in [4.78, 5) is 34.1. The van der Waals surface area contributed by atoms with Crippen LogP contribution in [0.5, 0.6) is 0 Å². The van der Waals surface area contributed by atoms with Gasteiger partial charge in [0.1, 0.15) is 0 Å². The molecular weight excluding hydrogens is 420 g/mol. The molecule has 1 saturated heterocycles. The van der Waals surface area contributed by atoms with E-state index >= 15 is 0 Å². The number of para-hydroxylation sites is 2. The Bertz CT molecular complexity index is 1160. The molecule has 1 aliphatic rings. The molecule has 1 fully saturated rings. The Morgan fingerprint density at radius 1 is 0.906 bits per heavy atom. The second-order valence-electron chi connectivity index (χ2n) is 8.60. The number of nitrogens with zero attached hydrogens (tertiary/aromatic N) is 3. The number of aromatic nitrogens is 2. The number of hydrogen-bond acceptors (Lipinski definition) is 5. The maximum absolute atomic E-state index is 12.6. The molecule has 0 aliphatic carbocycles. The standard InChI is InChI=1S/C25H32N4O2S/c1-19(2)32-23-12-6-5-11-22(23)28-17-15-27(16-18-28)13-7-8-14-29-24(30)20-9-3-4-10-21(20)26-25(29)31/h3-6,9-12,19H,7-8,13-18H2,1-2H3,(H,26,31). The molecule has 2 aromatic carbocycles. The number of aromatic amines is 1. The van der Waals surface area contributed by atoms with Crippen molar-refractivity contribution in [2.75, 3.05) is 37.6 Å². The van der Waals surface area contributed by atoms with Crippen molar-refractivity contribution in [1.82, 2.24) is 14.5 Å². The van der Waals surface area contributed by atoms with Gasteiger partial charge in [0.05, 0.1) is 16.6 Å². The van der Waals surface area contributed by atoms with E-state index in [1.807, 2.05) is 23.9 Å². The van der Waals surface area contributed by atoms with Crippen molar-refractivity contribution in [1.29, 1.82) is 0 Å². The molecule has 1 aromatic heterocycles. The van der Waals surface area contributed by atoms with Crippen molar-refractivity contribution in [2.24, 2.45) is 0 Å². The first-order valence-electron chi connectivity index (χ1n) is 11.5. The van der Waals surface area contributed by atoms with Gasteiger partial charge in [-0.15, -0.1) is 11.8 Å². The van der Waals surface area contributed by atoms with Crippen molar-refractivity contribution >= 4 is 28.4 Å². The van der Waals surface area contributed by atoms with Crippen LogP contribution in [0.2, 0.25) is 0 Å². The molecule has 7 heteroatoms. The SMILES string of the molecule is CC(C)Sc1ccccc1N1CCN(CCCCn2c(=O)[nH]c3ccccc3c2=O)CC1. The van der Waals surface area contributed by atoms with Crippen LogP contribution < -0.4 is 16.1 Å². The first-order valence-corrected chi connectivity index (χ1v) is 12.4. The van der Waals surface area contributed by atoms with E-state index in [0.29, 0.717) is 22.7 Å². The minimum atomic E-state index is -0.319. The Morgan fingerprint density at radius 2 is 1.59 bits per heavy atom. The summed E-state index contributed by atoms with van der Waals surface area (Å²) >= 11 is 1.93. The smallest absolute Gasteiger partial charge is 0.328 e. The lowest BCUT2D eigenvalue weighted by Gasteiger charge is -2.37. The lowest BCUT2D eigenvalue weighted by atomic mass is 10.2. The minimum Gasteiger partial charge on any atom is -0.368 e. The average Bonchev–Trinajstić information content (AvgIpc) is 2.79. The van der Waals surface area contributed by atoms with E-state index in [1.54, 1.807) is 12.1 Å². The van der Waals surface area contributed by atoms with E-state index in [-0.39, 0.29) is 11.2 Å². The summed E-state index contributed by atoms with van der Waals surface area (Å²) in [5.74, 6) is 0. The third kappa shape index (κ3) is 5.27. The molecule has 3 aromatic rings. The Labute approximate surface area is 193 Å². The molecule has 1 aliphatic heterocycles. The van der Waals surface area contributed by atoms with Gasteiger partial charge in [0.2, 0.25) is 0 Å². The van der Waals surface area contributed by atoms with Crippen molar-refractivity contribution in [3.63, 3.8) is 0 Å². The van der Waals surface area contributed by atoms with Crippen LogP contribution in [0.3, 0.4) is 0 Å². The van der Waals surface area contributed by atoms with Crippen LogP contribution >= 0.6 is 11.8 Å². The molecule has 170 valence electrons. The van der Waals surface area contributed by atoms with Crippen molar-refractivity contribution in [2.45, 2.75) is 43.4 Å². The normalized spacial score (nSPS) is 15.0. The van der Waals surface area contributed by atoms with E-state index in [1.165, 1.54) is 15.1 Å². The average molecular weight is 453 g/mol. The lowest BCUT2D eigenvalue weighted by molar-refractivity contribution is 0.250. The highest BCUT2D eigenvalue weighted by Crippen LogP contribution is 2.33. The molecule has 0 atom stereocenters. The number of fused-ring (bicyclic) bond motifs is 1. The molecule has 2 heterocycles. The number of benzene rings is 2. The highest BCUT2D eigenvalue weighted by Gasteiger charge is 2.19. The third-order valence-corrected chi connectivity index (χ3v) is 7.01. The van der Waals surface area contributed by atoms with Gasteiger partial charge in [-0.3, -0.25) is 14.3 Å². The van der Waals surface area contributed by atoms with E-state index < -0.39 is 0 Å². The number of thioether (sulfide) groups is 1. The summed E-state index contributed by atoms with van der Waals surface area (Å²) in [5.41, 5.74) is 1.43. The van der Waals surface area contributed by atoms with E-state index in [0.717, 1.165) is 45.6 Å². The fraction of sp³-hybridized carbons (Fsp3) is 0.440. The second-order valence-corrected chi connectivity index (χ2v) is 10.2. The minimum absolute atomic E-state index is 0.198. The summed E-state index contributed by atoms with van der Waals surface area (Å²) in [6.45, 7) is 10.1. The van der Waals surface area contributed by atoms with Gasteiger partial charge in [0, 0.05) is 42.9 Å². The molecule has 0 radical (unpaired) electrons. The van der Waals surface area contributed by atoms with Crippen LogP contribution in [0.15, 0.2) is 63.0 Å². The summed E-state index contributed by atoms with van der Waals surface area (Å²) in [6, 6.07) is 15.9. The number of hydrogen-bond donors (Lipinski definition) is 1. The molecule has 4 rings (SSSR count). The van der Waals surface area contributed by atoms with E-state index in [4.69, 9.17) is 0 Å². The number of nitrogens with one attached hydrogen (secondary N) is 1. The Morgan fingerprint density at radius 3 is 2.38 bits per heavy atom. The van der Waals surface area contributed by atoms with Gasteiger partial charge in [-0.1, -0.05) is 38.1 Å². The fourth-order valence-corrected chi connectivity index (χ4v) is 5.27. The molecular formula is C25H32N4O2S. The van der Waals surface area contributed by atoms with E-state index in [9.17, 15) is 9.59 Å². The Kier molecular flexibility index (Phi) is 7.37. The van der Waals surface area contributed by atoms with Gasteiger partial charge in [0.25, 0.3) is 5.56 Å². The summed E-state index contributed by atoms with van der Waals surface area (Å²) in [5, 5.41) is 1.14. The molecule has 0 unspecified atom stereocenters. The predicted molar refractivity (Wildman–Crippen MR) is 134 cm³/mol. The zero-order chi connectivity index (χ0) is 22.5. The first-order chi connectivity index (χ1) is 15.5. The maximum atomic E-state index is 12.6. The zero-order valence-electron chi connectivity index (χ0n) is 18.9. The highest BCUT2D eigenvalue weighted by molar-refractivity contribution is 8.00. The number of unbranched alkanes of at least 4 members (excludes halogenated alkanes) is 1. The van der Waals surface area contributed by atoms with Crippen molar-refractivity contribution < 1.29 is 0 Å². The molecule has 0 bridgehead atoms. The molecule has 1 N–H and O–H groups in total. The first kappa shape index (κ1) is 22.7. The fourth-order valence-electron chi connectivity index (χ4n) is 4.29. The van der Waals surface area contributed by atoms with Gasteiger partial charge in [0.15, 0.2) is 0 Å². The van der Waals surface area contributed by atoms with Crippen LogP contribution in [0.1, 0.15) is 26.7 Å². The summed E-state index contributed by atoms with van der Waals surface area (Å²) < 4.78 is 1.34. The van der Waals surface area contributed by atoms with Gasteiger partial charge in [-0.05, 0) is 43.7 Å². The number of anilines is 1. The summed E-state index contributed by atoms with van der Waals surface area (Å²) in [7, 11) is 0. The predicted octanol–water partition coefficient (Wildman–Crippen LogP) is 3.79. The van der Waals surface area contributed by atoms with Crippen molar-refractivity contribution in [3.8, 4) is 0 Å². The van der Waals surface area contributed by atoms with Gasteiger partial charge in [-0.2, -0.15) is 0 Å². The largest absolute Gasteiger partial charge is 0.368 e. The quantitative estimate of drug-likeness (QED) is 0.416. The lowest BCUT2D eigenvalue weighted by Crippen LogP contribution is -2.46. The third-order valence-electron chi connectivity index (χ3n) is 5.94. The number of piperazine rings is 1. The summed E-state index contributed by atoms with van der Waals surface area (Å²) in [6.07, 6.45) is 1.79. The molecule has 0 amide bonds. The maximum Gasteiger partial charge on any atom is 0.328 e. The molecule has 0 saturated carbocycles. The topological polar surface area (TPSA) is 61.3 Å². The van der Waals surface area contributed by atoms with E-state index in [2.05, 4.69) is 52.9 Å². The second kappa shape index (κ2) is 10.4. The van der Waals surface area contributed by atoms with Gasteiger partial charge >= 0.3 is 5.69 Å². The monoisotopic (exact) mass is 452 g/mol. The Hall–Kier alpha value is -2.51. The molecule has 0 spiro atoms. The molecule has 6 nitrogen and oxygen atoms in total. The van der Waals surface area contributed by atoms with Crippen LogP contribution in [0.4, 0.5) is 5.69 Å². The highest BCUT2D eigenvalue weighted by atomic mass is 32.2. The zero-order valence-corrected chi connectivity index (χ0v) is 19.7. The van der Waals surface area contributed by atoms with Crippen LogP contribution in [-0.4, -0.2) is 52.4 Å². The van der Waals surface area contributed by atoms with Gasteiger partial charge < -0.3 is 9.88 Å². The Balaban J connectivity index is 1.27. The van der Waals surface area contributed by atoms with Crippen molar-refractivity contribution in [3.05, 3.63) is 69.4 Å². The number of H-pyrrole nitrogens is 1. The van der Waals surface area contributed by atoms with Crippen LogP contribution in [0.25, 0.3) is 10.9 Å².